The summed E-state index contributed by atoms with van der Waals surface area (Å²) in [5.41, 5.74) is 0.113. The Balaban J connectivity index is 2.13. The van der Waals surface area contributed by atoms with Crippen molar-refractivity contribution in [2.45, 2.75) is 56.9 Å². The van der Waals surface area contributed by atoms with Crippen LogP contribution in [-0.2, 0) is 16.1 Å². The van der Waals surface area contributed by atoms with Crippen molar-refractivity contribution in [2.75, 3.05) is 21.3 Å². The van der Waals surface area contributed by atoms with E-state index in [1.165, 1.54) is 44.8 Å². The fraction of sp³-hybridized carbons (Fsp3) is 0.500. The topological polar surface area (TPSA) is 77.1 Å². The van der Waals surface area contributed by atoms with Crippen LogP contribution in [0.15, 0.2) is 29.6 Å². The first-order valence-corrected chi connectivity index (χ1v) is 12.1. The number of alkyl halides is 3. The van der Waals surface area contributed by atoms with Gasteiger partial charge in [-0.1, -0.05) is 25.3 Å². The summed E-state index contributed by atoms with van der Waals surface area (Å²) in [6.07, 6.45) is -0.848. The van der Waals surface area contributed by atoms with E-state index in [4.69, 9.17) is 14.2 Å². The first-order valence-electron chi connectivity index (χ1n) is 11.2. The summed E-state index contributed by atoms with van der Waals surface area (Å²) >= 11 is 1.20. The van der Waals surface area contributed by atoms with Crippen molar-refractivity contribution in [3.63, 3.8) is 0 Å². The van der Waals surface area contributed by atoms with Gasteiger partial charge in [0.1, 0.15) is 6.04 Å². The maximum atomic E-state index is 13.7. The van der Waals surface area contributed by atoms with Gasteiger partial charge >= 0.3 is 12.1 Å². The highest BCUT2D eigenvalue weighted by molar-refractivity contribution is 7.09. The van der Waals surface area contributed by atoms with Crippen LogP contribution in [0, 0.1) is 0 Å². The van der Waals surface area contributed by atoms with Crippen LogP contribution >= 0.6 is 11.3 Å². The second-order valence-corrected chi connectivity index (χ2v) is 9.25. The van der Waals surface area contributed by atoms with Crippen LogP contribution in [0.1, 0.15) is 48.6 Å². The van der Waals surface area contributed by atoms with Gasteiger partial charge in [-0.05, 0) is 42.0 Å². The Labute approximate surface area is 206 Å². The molecule has 1 aromatic heterocycles. The van der Waals surface area contributed by atoms with E-state index in [0.717, 1.165) is 32.1 Å². The van der Waals surface area contributed by atoms with Gasteiger partial charge in [0.05, 0.1) is 27.9 Å². The average Bonchev–Trinajstić information content (AvgIpc) is 3.35. The summed E-state index contributed by atoms with van der Waals surface area (Å²) in [7, 11) is 4.12. The standard InChI is InChI=1S/C24H29F3N2O5S/c1-32-18-12-15(13-19(33-2)21(18)34-3)20(22(30)28-16-8-5-4-6-9-16)29(23(31)24(25,26)27)14-17-10-7-11-35-17/h7,10-13,16,20H,4-6,8-9,14H2,1-3H3,(H,28,30)/t20-/m1/s1. The van der Waals surface area contributed by atoms with E-state index >= 15 is 0 Å². The van der Waals surface area contributed by atoms with Crippen LogP contribution in [0.2, 0.25) is 0 Å². The number of ether oxygens (including phenoxy) is 3. The highest BCUT2D eigenvalue weighted by atomic mass is 32.1. The average molecular weight is 515 g/mol. The number of nitrogens with one attached hydrogen (secondary N) is 1. The molecule has 3 rings (SSSR count). The molecule has 192 valence electrons. The SMILES string of the molecule is COc1cc([C@H](C(=O)NC2CCCCC2)N(Cc2cccs2)C(=O)C(F)(F)F)cc(OC)c1OC. The third-order valence-electron chi connectivity index (χ3n) is 5.92. The molecule has 1 aliphatic rings. The lowest BCUT2D eigenvalue weighted by Gasteiger charge is -2.34. The molecule has 1 fully saturated rings. The smallest absolute Gasteiger partial charge is 0.471 e. The lowest BCUT2D eigenvalue weighted by atomic mass is 9.94. The number of hydrogen-bond acceptors (Lipinski definition) is 6. The van der Waals surface area contributed by atoms with Crippen molar-refractivity contribution in [1.82, 2.24) is 10.2 Å². The van der Waals surface area contributed by atoms with Crippen LogP contribution in [0.5, 0.6) is 17.2 Å². The van der Waals surface area contributed by atoms with Crippen LogP contribution in [0.25, 0.3) is 0 Å². The molecule has 0 saturated heterocycles. The normalized spacial score (nSPS) is 15.3. The van der Waals surface area contributed by atoms with Crippen molar-refractivity contribution in [1.29, 1.82) is 0 Å². The Bertz CT molecular complexity index is 982. The predicted molar refractivity (Wildman–Crippen MR) is 125 cm³/mol. The molecule has 1 saturated carbocycles. The zero-order valence-corrected chi connectivity index (χ0v) is 20.6. The number of thiophene rings is 1. The molecule has 1 aliphatic carbocycles. The Kier molecular flexibility index (Phi) is 8.87. The van der Waals surface area contributed by atoms with Gasteiger partial charge in [0.2, 0.25) is 11.7 Å². The number of nitrogens with zero attached hydrogens (tertiary/aromatic N) is 1. The van der Waals surface area contributed by atoms with Crippen molar-refractivity contribution < 1.29 is 37.0 Å². The summed E-state index contributed by atoms with van der Waals surface area (Å²) in [6, 6.07) is 4.33. The molecule has 1 N–H and O–H groups in total. The fourth-order valence-electron chi connectivity index (χ4n) is 4.27. The molecule has 2 amide bonds. The highest BCUT2D eigenvalue weighted by Gasteiger charge is 2.47. The van der Waals surface area contributed by atoms with Crippen molar-refractivity contribution in [3.8, 4) is 17.2 Å². The maximum Gasteiger partial charge on any atom is 0.471 e. The minimum absolute atomic E-state index is 0.113. The first kappa shape index (κ1) is 26.7. The fourth-order valence-corrected chi connectivity index (χ4v) is 4.98. The zero-order valence-electron chi connectivity index (χ0n) is 19.8. The molecule has 0 radical (unpaired) electrons. The Hall–Kier alpha value is -2.95. The number of amides is 2. The van der Waals surface area contributed by atoms with Gasteiger partial charge in [0, 0.05) is 10.9 Å². The van der Waals surface area contributed by atoms with E-state index in [-0.39, 0.29) is 28.9 Å². The molecule has 1 atom stereocenters. The maximum absolute atomic E-state index is 13.7. The lowest BCUT2D eigenvalue weighted by Crippen LogP contribution is -2.50. The second-order valence-electron chi connectivity index (χ2n) is 8.21. The monoisotopic (exact) mass is 514 g/mol. The van der Waals surface area contributed by atoms with Crippen molar-refractivity contribution in [3.05, 3.63) is 40.1 Å². The molecule has 0 aliphatic heterocycles. The number of rotatable bonds is 9. The Morgan fingerprint density at radius 3 is 2.20 bits per heavy atom. The van der Waals surface area contributed by atoms with Gasteiger partial charge in [-0.25, -0.2) is 0 Å². The van der Waals surface area contributed by atoms with Crippen LogP contribution in [0.3, 0.4) is 0 Å². The first-order chi connectivity index (χ1) is 16.7. The van der Waals surface area contributed by atoms with Gasteiger partial charge in [0.15, 0.2) is 11.5 Å². The van der Waals surface area contributed by atoms with Gasteiger partial charge in [0.25, 0.3) is 0 Å². The van der Waals surface area contributed by atoms with E-state index in [2.05, 4.69) is 5.32 Å². The number of methoxy groups -OCH3 is 3. The second kappa shape index (κ2) is 11.7. The number of benzene rings is 1. The van der Waals surface area contributed by atoms with Crippen LogP contribution < -0.4 is 19.5 Å². The third kappa shape index (κ3) is 6.39. The molecular formula is C24H29F3N2O5S. The molecule has 11 heteroatoms. The summed E-state index contributed by atoms with van der Waals surface area (Å²) in [6.45, 7) is -0.393. The molecule has 0 unspecified atom stereocenters. The van der Waals surface area contributed by atoms with Crippen molar-refractivity contribution >= 4 is 23.2 Å². The van der Waals surface area contributed by atoms with Gasteiger partial charge in [-0.3, -0.25) is 9.59 Å². The molecule has 7 nitrogen and oxygen atoms in total. The lowest BCUT2D eigenvalue weighted by molar-refractivity contribution is -0.189. The minimum atomic E-state index is -5.18. The molecule has 35 heavy (non-hydrogen) atoms. The summed E-state index contributed by atoms with van der Waals surface area (Å²) in [4.78, 5) is 27.3. The Morgan fingerprint density at radius 1 is 1.09 bits per heavy atom. The Morgan fingerprint density at radius 2 is 1.71 bits per heavy atom. The van der Waals surface area contributed by atoms with E-state index in [1.807, 2.05) is 0 Å². The van der Waals surface area contributed by atoms with E-state index in [0.29, 0.717) is 9.78 Å². The number of halogens is 3. The molecule has 1 heterocycles. The van der Waals surface area contributed by atoms with Gasteiger partial charge in [-0.15, -0.1) is 11.3 Å². The minimum Gasteiger partial charge on any atom is -0.493 e. The van der Waals surface area contributed by atoms with E-state index in [9.17, 15) is 22.8 Å². The summed E-state index contributed by atoms with van der Waals surface area (Å²) < 4.78 is 57.3. The highest BCUT2D eigenvalue weighted by Crippen LogP contribution is 2.42. The quantitative estimate of drug-likeness (QED) is 0.518. The number of hydrogen-bond donors (Lipinski definition) is 1. The molecule has 1 aromatic carbocycles. The summed E-state index contributed by atoms with van der Waals surface area (Å²) in [5.74, 6) is -2.26. The number of carbonyl (C=O) groups excluding carboxylic acids is 2. The molecule has 0 bridgehead atoms. The zero-order chi connectivity index (χ0) is 25.6. The third-order valence-corrected chi connectivity index (χ3v) is 6.79. The van der Waals surface area contributed by atoms with E-state index in [1.54, 1.807) is 17.5 Å². The summed E-state index contributed by atoms with van der Waals surface area (Å²) in [5, 5.41) is 4.57. The van der Waals surface area contributed by atoms with Gasteiger partial charge in [-0.2, -0.15) is 13.2 Å². The molecular weight excluding hydrogens is 485 g/mol. The molecule has 0 spiro atoms. The van der Waals surface area contributed by atoms with Crippen molar-refractivity contribution in [2.24, 2.45) is 0 Å². The van der Waals surface area contributed by atoms with E-state index < -0.39 is 30.6 Å². The number of carbonyl (C=O) groups is 2. The van der Waals surface area contributed by atoms with Crippen LogP contribution in [0.4, 0.5) is 13.2 Å². The van der Waals surface area contributed by atoms with Crippen LogP contribution in [-0.4, -0.2) is 50.3 Å². The van der Waals surface area contributed by atoms with Gasteiger partial charge < -0.3 is 24.4 Å². The molecule has 2 aromatic rings. The largest absolute Gasteiger partial charge is 0.493 e. The predicted octanol–water partition coefficient (Wildman–Crippen LogP) is 4.86.